The van der Waals surface area contributed by atoms with E-state index in [9.17, 15) is 5.11 Å². The number of rotatable bonds is 11. The van der Waals surface area contributed by atoms with Gasteiger partial charge in [-0.3, -0.25) is 0 Å². The lowest BCUT2D eigenvalue weighted by atomic mass is 9.60. The molecule has 0 aromatic carbocycles. The largest absolute Gasteiger partial charge is 0.390 e. The summed E-state index contributed by atoms with van der Waals surface area (Å²) >= 11 is 0. The van der Waals surface area contributed by atoms with Gasteiger partial charge in [-0.25, -0.2) is 0 Å². The Balaban J connectivity index is 1.69. The van der Waals surface area contributed by atoms with Gasteiger partial charge in [0.2, 0.25) is 0 Å². The van der Waals surface area contributed by atoms with Gasteiger partial charge in [-0.1, -0.05) is 69.9 Å². The molecule has 0 spiro atoms. The smallest absolute Gasteiger partial charge is 0.0647 e. The molecule has 0 aliphatic heterocycles. The Labute approximate surface area is 222 Å². The van der Waals surface area contributed by atoms with E-state index in [1.807, 2.05) is 13.8 Å². The van der Waals surface area contributed by atoms with Crippen LogP contribution in [0, 0.1) is 40.4 Å². The van der Waals surface area contributed by atoms with Crippen molar-refractivity contribution in [3.63, 3.8) is 0 Å². The van der Waals surface area contributed by atoms with Gasteiger partial charge in [-0.15, -0.1) is 0 Å². The van der Waals surface area contributed by atoms with Crippen LogP contribution in [0.2, 0.25) is 0 Å². The van der Waals surface area contributed by atoms with E-state index in [0.29, 0.717) is 30.3 Å². The fourth-order valence-electron chi connectivity index (χ4n) is 7.88. The lowest BCUT2D eigenvalue weighted by Crippen LogP contribution is -2.36. The summed E-state index contributed by atoms with van der Waals surface area (Å²) in [4.78, 5) is 0. The molecule has 3 heteroatoms. The van der Waals surface area contributed by atoms with Crippen LogP contribution < -0.4 is 0 Å². The van der Waals surface area contributed by atoms with Crippen LogP contribution in [0.1, 0.15) is 118 Å². The highest BCUT2D eigenvalue weighted by atomic mass is 16.5. The number of hydrogen-bond donors (Lipinski definition) is 1. The van der Waals surface area contributed by atoms with Gasteiger partial charge in [0.15, 0.2) is 0 Å². The minimum Gasteiger partial charge on any atom is -0.390 e. The van der Waals surface area contributed by atoms with Crippen LogP contribution in [-0.4, -0.2) is 23.4 Å². The van der Waals surface area contributed by atoms with E-state index in [-0.39, 0.29) is 6.10 Å². The Morgan fingerprint density at radius 3 is 2.75 bits per heavy atom. The molecule has 3 nitrogen and oxygen atoms in total. The normalized spacial score (nSPS) is 34.1. The molecule has 3 fully saturated rings. The molecule has 0 amide bonds. The summed E-state index contributed by atoms with van der Waals surface area (Å²) in [5.74, 6) is 2.74. The standard InChI is InChI=1S/C33H53NO2/c1-7-11-28-22-25(3)27(23-31(28)36-21-10-20-34)15-14-26-13-9-19-33(6)29(16-17-30(26)33)24(2)12-8-18-32(4,5)35/h14-15,24,28-31,35H,3,7-13,16-19,21-23H2,1-2,4-6H3/b26-14+,27-15-/t24-,28?,29-,30+,31-,33-/m1/s1. The molecule has 1 unspecified atom stereocenters. The van der Waals surface area contributed by atoms with Gasteiger partial charge in [-0.05, 0) is 106 Å². The first kappa shape index (κ1) is 29.2. The van der Waals surface area contributed by atoms with Crippen molar-refractivity contribution in [3.05, 3.63) is 35.5 Å². The number of nitriles is 1. The fraction of sp³-hybridized carbons (Fsp3) is 0.788. The molecule has 3 saturated carbocycles. The van der Waals surface area contributed by atoms with Crippen LogP contribution in [0.4, 0.5) is 0 Å². The number of ether oxygens (including phenoxy) is 1. The maximum atomic E-state index is 10.1. The quantitative estimate of drug-likeness (QED) is 0.292. The Hall–Kier alpha value is -1.37. The van der Waals surface area contributed by atoms with E-state index < -0.39 is 5.60 Å². The molecule has 36 heavy (non-hydrogen) atoms. The van der Waals surface area contributed by atoms with Crippen molar-refractivity contribution in [3.8, 4) is 6.07 Å². The van der Waals surface area contributed by atoms with E-state index in [0.717, 1.165) is 43.9 Å². The van der Waals surface area contributed by atoms with Gasteiger partial charge in [-0.2, -0.15) is 5.26 Å². The second-order valence-corrected chi connectivity index (χ2v) is 13.1. The minimum absolute atomic E-state index is 0.214. The van der Waals surface area contributed by atoms with Crippen molar-refractivity contribution in [2.75, 3.05) is 6.61 Å². The zero-order valence-electron chi connectivity index (χ0n) is 24.0. The van der Waals surface area contributed by atoms with Crippen molar-refractivity contribution in [2.45, 2.75) is 130 Å². The molecule has 0 heterocycles. The van der Waals surface area contributed by atoms with Crippen molar-refractivity contribution < 1.29 is 9.84 Å². The molecule has 202 valence electrons. The van der Waals surface area contributed by atoms with Crippen molar-refractivity contribution in [1.82, 2.24) is 0 Å². The maximum absolute atomic E-state index is 10.1. The predicted molar refractivity (Wildman–Crippen MR) is 150 cm³/mol. The monoisotopic (exact) mass is 495 g/mol. The topological polar surface area (TPSA) is 53.2 Å². The molecule has 3 aliphatic carbocycles. The van der Waals surface area contributed by atoms with E-state index >= 15 is 0 Å². The molecule has 0 radical (unpaired) electrons. The summed E-state index contributed by atoms with van der Waals surface area (Å²) in [6.45, 7) is 16.2. The fourth-order valence-corrected chi connectivity index (χ4v) is 7.88. The Morgan fingerprint density at radius 1 is 1.28 bits per heavy atom. The third kappa shape index (κ3) is 7.35. The average molecular weight is 496 g/mol. The molecule has 6 atom stereocenters. The predicted octanol–water partition coefficient (Wildman–Crippen LogP) is 8.70. The van der Waals surface area contributed by atoms with Crippen LogP contribution in [0.15, 0.2) is 35.5 Å². The number of allylic oxidation sites excluding steroid dienone is 4. The second-order valence-electron chi connectivity index (χ2n) is 13.1. The third-order valence-corrected chi connectivity index (χ3v) is 9.79. The average Bonchev–Trinajstić information content (AvgIpc) is 3.16. The summed E-state index contributed by atoms with van der Waals surface area (Å²) in [6.07, 6.45) is 19.6. The SMILES string of the molecule is C=C1CC(CCC)[C@H](OCCC#N)C/C1=C/C=C1\CCC[C@]2(C)[C@@H]([C@H](C)CCCC(C)(C)O)CC[C@@H]12. The molecule has 3 rings (SSSR count). The van der Waals surface area contributed by atoms with Crippen molar-refractivity contribution in [2.24, 2.45) is 29.1 Å². The summed E-state index contributed by atoms with van der Waals surface area (Å²) in [5.41, 5.74) is 4.17. The molecule has 3 aliphatic rings. The molecular formula is C33H53NO2. The van der Waals surface area contributed by atoms with E-state index in [1.54, 1.807) is 5.57 Å². The number of hydrogen-bond acceptors (Lipinski definition) is 3. The lowest BCUT2D eigenvalue weighted by molar-refractivity contribution is 0.00723. The van der Waals surface area contributed by atoms with Crippen molar-refractivity contribution >= 4 is 0 Å². The first-order valence-corrected chi connectivity index (χ1v) is 14.9. The molecular weight excluding hydrogens is 442 g/mol. The van der Waals surface area contributed by atoms with Crippen LogP contribution in [-0.2, 0) is 4.74 Å². The van der Waals surface area contributed by atoms with Gasteiger partial charge in [0.05, 0.1) is 30.8 Å². The summed E-state index contributed by atoms with van der Waals surface area (Å²) in [5, 5.41) is 19.1. The highest BCUT2D eigenvalue weighted by Crippen LogP contribution is 2.60. The maximum Gasteiger partial charge on any atom is 0.0647 e. The lowest BCUT2D eigenvalue weighted by Gasteiger charge is -2.44. The molecule has 0 bridgehead atoms. The van der Waals surface area contributed by atoms with Crippen LogP contribution in [0.5, 0.6) is 0 Å². The minimum atomic E-state index is -0.546. The first-order chi connectivity index (χ1) is 17.1. The summed E-state index contributed by atoms with van der Waals surface area (Å²) < 4.78 is 6.20. The van der Waals surface area contributed by atoms with Crippen molar-refractivity contribution in [1.29, 1.82) is 5.26 Å². The van der Waals surface area contributed by atoms with Crippen LogP contribution in [0.3, 0.4) is 0 Å². The number of fused-ring (bicyclic) bond motifs is 1. The summed E-state index contributed by atoms with van der Waals surface area (Å²) in [7, 11) is 0. The Bertz CT molecular complexity index is 841. The van der Waals surface area contributed by atoms with Gasteiger partial charge in [0.25, 0.3) is 0 Å². The second kappa shape index (κ2) is 12.9. The van der Waals surface area contributed by atoms with E-state index in [4.69, 9.17) is 10.00 Å². The van der Waals surface area contributed by atoms with Crippen LogP contribution in [0.25, 0.3) is 0 Å². The molecule has 0 aromatic heterocycles. The third-order valence-electron chi connectivity index (χ3n) is 9.79. The summed E-state index contributed by atoms with van der Waals surface area (Å²) in [6, 6.07) is 2.22. The first-order valence-electron chi connectivity index (χ1n) is 14.9. The zero-order valence-corrected chi connectivity index (χ0v) is 24.0. The zero-order chi connectivity index (χ0) is 26.3. The molecule has 0 saturated heterocycles. The van der Waals surface area contributed by atoms with Crippen LogP contribution >= 0.6 is 0 Å². The molecule has 1 N–H and O–H groups in total. The number of nitrogens with zero attached hydrogens (tertiary/aromatic N) is 1. The van der Waals surface area contributed by atoms with Gasteiger partial charge in [0, 0.05) is 0 Å². The highest BCUT2D eigenvalue weighted by molar-refractivity contribution is 5.37. The number of aliphatic hydroxyl groups is 1. The van der Waals surface area contributed by atoms with E-state index in [2.05, 4.69) is 45.6 Å². The Morgan fingerprint density at radius 2 is 2.06 bits per heavy atom. The molecule has 0 aromatic rings. The Kier molecular flexibility index (Phi) is 10.5. The highest BCUT2D eigenvalue weighted by Gasteiger charge is 2.50. The van der Waals surface area contributed by atoms with Gasteiger partial charge in [0.1, 0.15) is 0 Å². The van der Waals surface area contributed by atoms with E-state index in [1.165, 1.54) is 56.1 Å². The van der Waals surface area contributed by atoms with Gasteiger partial charge >= 0.3 is 0 Å². The van der Waals surface area contributed by atoms with Gasteiger partial charge < -0.3 is 9.84 Å².